The average Bonchev–Trinajstić information content (AvgIpc) is 3.22. The van der Waals surface area contributed by atoms with E-state index in [2.05, 4.69) is 0 Å². The Kier molecular flexibility index (Phi) is 4.72. The summed E-state index contributed by atoms with van der Waals surface area (Å²) in [4.78, 5) is 14.0. The van der Waals surface area contributed by atoms with E-state index in [1.807, 2.05) is 30.3 Å². The number of epoxide rings is 1. The van der Waals surface area contributed by atoms with Crippen LogP contribution in [0.5, 0.6) is 0 Å². The van der Waals surface area contributed by atoms with Crippen LogP contribution in [0.25, 0.3) is 0 Å². The molecule has 2 aliphatic rings. The zero-order valence-corrected chi connectivity index (χ0v) is 12.1. The maximum atomic E-state index is 12.2. The quantitative estimate of drug-likeness (QED) is 0.754. The van der Waals surface area contributed by atoms with Crippen molar-refractivity contribution < 1.29 is 19.0 Å². The van der Waals surface area contributed by atoms with Crippen LogP contribution < -0.4 is 0 Å². The van der Waals surface area contributed by atoms with Crippen molar-refractivity contribution in [3.8, 4) is 0 Å². The van der Waals surface area contributed by atoms with Crippen molar-refractivity contribution in [1.29, 1.82) is 0 Å². The molecule has 1 aromatic rings. The van der Waals surface area contributed by atoms with Crippen LogP contribution in [0.3, 0.4) is 0 Å². The molecule has 2 aliphatic heterocycles. The van der Waals surface area contributed by atoms with Gasteiger partial charge in [-0.05, 0) is 18.4 Å². The molecule has 2 atom stereocenters. The van der Waals surface area contributed by atoms with Crippen molar-refractivity contribution in [1.82, 2.24) is 4.90 Å². The minimum atomic E-state index is -0.243. The van der Waals surface area contributed by atoms with Gasteiger partial charge >= 0.3 is 6.09 Å². The zero-order chi connectivity index (χ0) is 14.5. The summed E-state index contributed by atoms with van der Waals surface area (Å²) in [5.41, 5.74) is 1.00. The number of ether oxygens (including phenoxy) is 3. The molecule has 1 unspecified atom stereocenters. The first kappa shape index (κ1) is 14.4. The highest BCUT2D eigenvalue weighted by atomic mass is 16.6. The molecule has 1 aromatic carbocycles. The second kappa shape index (κ2) is 6.91. The van der Waals surface area contributed by atoms with Crippen LogP contribution in [0.15, 0.2) is 30.3 Å². The summed E-state index contributed by atoms with van der Waals surface area (Å²) in [6, 6.07) is 9.86. The third-order valence-electron chi connectivity index (χ3n) is 3.83. The van der Waals surface area contributed by atoms with Crippen molar-refractivity contribution in [3.05, 3.63) is 35.9 Å². The summed E-state index contributed by atoms with van der Waals surface area (Å²) in [6.45, 7) is 3.07. The molecule has 0 N–H and O–H groups in total. The van der Waals surface area contributed by atoms with Gasteiger partial charge in [-0.2, -0.15) is 0 Å². The van der Waals surface area contributed by atoms with Crippen molar-refractivity contribution in [3.63, 3.8) is 0 Å². The Hall–Kier alpha value is -1.59. The number of carbonyl (C=O) groups is 1. The summed E-state index contributed by atoms with van der Waals surface area (Å²) in [6.07, 6.45) is 2.01. The maximum Gasteiger partial charge on any atom is 0.410 e. The van der Waals surface area contributed by atoms with Gasteiger partial charge in [-0.3, -0.25) is 0 Å². The molecule has 0 radical (unpaired) electrons. The van der Waals surface area contributed by atoms with Gasteiger partial charge in [-0.25, -0.2) is 4.79 Å². The molecular weight excluding hydrogens is 270 g/mol. The lowest BCUT2D eigenvalue weighted by Gasteiger charge is -2.23. The Morgan fingerprint density at radius 3 is 2.86 bits per heavy atom. The molecule has 5 heteroatoms. The normalized spacial score (nSPS) is 24.1. The van der Waals surface area contributed by atoms with E-state index in [1.165, 1.54) is 0 Å². The van der Waals surface area contributed by atoms with Gasteiger partial charge in [0.05, 0.1) is 25.9 Å². The Morgan fingerprint density at radius 1 is 1.29 bits per heavy atom. The molecule has 114 valence electrons. The lowest BCUT2D eigenvalue weighted by molar-refractivity contribution is 0.0501. The monoisotopic (exact) mass is 291 g/mol. The van der Waals surface area contributed by atoms with Gasteiger partial charge in [-0.1, -0.05) is 30.3 Å². The van der Waals surface area contributed by atoms with Crippen LogP contribution in [0.4, 0.5) is 4.79 Å². The molecule has 0 aliphatic carbocycles. The van der Waals surface area contributed by atoms with Crippen LogP contribution in [-0.2, 0) is 20.8 Å². The van der Waals surface area contributed by atoms with Crippen molar-refractivity contribution in [2.45, 2.75) is 31.6 Å². The van der Waals surface area contributed by atoms with Gasteiger partial charge in [0.15, 0.2) is 0 Å². The lowest BCUT2D eigenvalue weighted by Crippen LogP contribution is -2.38. The fourth-order valence-electron chi connectivity index (χ4n) is 2.55. The van der Waals surface area contributed by atoms with E-state index in [0.717, 1.165) is 31.6 Å². The number of likely N-dealkylation sites (tertiary alicyclic amines) is 1. The highest BCUT2D eigenvalue weighted by molar-refractivity contribution is 5.68. The van der Waals surface area contributed by atoms with Crippen molar-refractivity contribution in [2.24, 2.45) is 0 Å². The summed E-state index contributed by atoms with van der Waals surface area (Å²) in [5, 5.41) is 0. The number of rotatable bonds is 6. The van der Waals surface area contributed by atoms with E-state index in [9.17, 15) is 4.79 Å². The van der Waals surface area contributed by atoms with E-state index in [-0.39, 0.29) is 18.2 Å². The minimum Gasteiger partial charge on any atom is -0.445 e. The predicted octanol–water partition coefficient (Wildman–Crippen LogP) is 2.20. The van der Waals surface area contributed by atoms with Crippen LogP contribution in [-0.4, -0.2) is 49.5 Å². The average molecular weight is 291 g/mol. The van der Waals surface area contributed by atoms with E-state index in [4.69, 9.17) is 14.2 Å². The highest BCUT2D eigenvalue weighted by Crippen LogP contribution is 2.20. The largest absolute Gasteiger partial charge is 0.445 e. The molecule has 0 spiro atoms. The van der Waals surface area contributed by atoms with Crippen LogP contribution in [0.1, 0.15) is 18.4 Å². The Morgan fingerprint density at radius 2 is 2.10 bits per heavy atom. The van der Waals surface area contributed by atoms with Gasteiger partial charge in [-0.15, -0.1) is 0 Å². The fourth-order valence-corrected chi connectivity index (χ4v) is 2.55. The maximum absolute atomic E-state index is 12.2. The highest BCUT2D eigenvalue weighted by Gasteiger charge is 2.31. The summed E-state index contributed by atoms with van der Waals surface area (Å²) < 4.78 is 16.1. The molecule has 0 aromatic heterocycles. The second-order valence-electron chi connectivity index (χ2n) is 5.52. The first-order valence-electron chi connectivity index (χ1n) is 7.49. The number of carbonyl (C=O) groups excluding carboxylic acids is 1. The van der Waals surface area contributed by atoms with Gasteiger partial charge in [0, 0.05) is 6.54 Å². The second-order valence-corrected chi connectivity index (χ2v) is 5.52. The number of hydrogen-bond donors (Lipinski definition) is 0. The first-order chi connectivity index (χ1) is 10.3. The minimum absolute atomic E-state index is 0.132. The SMILES string of the molecule is O=C(OCc1ccccc1)N1CCC[C@H]1COCC1CO1. The standard InChI is InChI=1S/C16H21NO4/c18-16(21-9-13-5-2-1-3-6-13)17-8-4-7-14(17)10-19-11-15-12-20-15/h1-3,5-6,14-15H,4,7-12H2/t14-,15?/m0/s1. The molecule has 2 saturated heterocycles. The Bertz CT molecular complexity index is 461. The summed E-state index contributed by atoms with van der Waals surface area (Å²) >= 11 is 0. The van der Waals surface area contributed by atoms with Crippen LogP contribution >= 0.6 is 0 Å². The van der Waals surface area contributed by atoms with Gasteiger partial charge < -0.3 is 19.1 Å². The number of amides is 1. The molecule has 2 heterocycles. The van der Waals surface area contributed by atoms with Gasteiger partial charge in [0.2, 0.25) is 0 Å². The fraction of sp³-hybridized carbons (Fsp3) is 0.562. The van der Waals surface area contributed by atoms with Crippen LogP contribution in [0, 0.1) is 0 Å². The first-order valence-corrected chi connectivity index (χ1v) is 7.49. The van der Waals surface area contributed by atoms with Crippen molar-refractivity contribution >= 4 is 6.09 Å². The summed E-state index contributed by atoms with van der Waals surface area (Å²) in [5.74, 6) is 0. The molecule has 5 nitrogen and oxygen atoms in total. The molecule has 1 amide bonds. The number of benzene rings is 1. The van der Waals surface area contributed by atoms with Crippen LogP contribution in [0.2, 0.25) is 0 Å². The van der Waals surface area contributed by atoms with Crippen molar-refractivity contribution in [2.75, 3.05) is 26.4 Å². The predicted molar refractivity (Wildman–Crippen MR) is 76.9 cm³/mol. The van der Waals surface area contributed by atoms with E-state index >= 15 is 0 Å². The third kappa shape index (κ3) is 4.19. The summed E-state index contributed by atoms with van der Waals surface area (Å²) in [7, 11) is 0. The molecule has 0 saturated carbocycles. The molecule has 3 rings (SSSR count). The molecule has 2 fully saturated rings. The van der Waals surface area contributed by atoms with E-state index in [0.29, 0.717) is 19.8 Å². The number of nitrogens with zero attached hydrogens (tertiary/aromatic N) is 1. The van der Waals surface area contributed by atoms with Gasteiger partial charge in [0.1, 0.15) is 12.7 Å². The molecule has 21 heavy (non-hydrogen) atoms. The molecular formula is C16H21NO4. The molecule has 0 bridgehead atoms. The Labute approximate surface area is 124 Å². The smallest absolute Gasteiger partial charge is 0.410 e. The third-order valence-corrected chi connectivity index (χ3v) is 3.83. The van der Waals surface area contributed by atoms with E-state index < -0.39 is 0 Å². The van der Waals surface area contributed by atoms with Gasteiger partial charge in [0.25, 0.3) is 0 Å². The Balaban J connectivity index is 1.43. The lowest BCUT2D eigenvalue weighted by atomic mass is 10.2. The zero-order valence-electron chi connectivity index (χ0n) is 12.1. The number of hydrogen-bond acceptors (Lipinski definition) is 4. The van der Waals surface area contributed by atoms with E-state index in [1.54, 1.807) is 4.90 Å². The topological polar surface area (TPSA) is 51.3 Å².